The lowest BCUT2D eigenvalue weighted by atomic mass is 10.3. The largest absolute Gasteiger partial charge is 0.384 e. The van der Waals surface area contributed by atoms with Crippen molar-refractivity contribution in [3.8, 4) is 0 Å². The molecule has 90 valence electrons. The number of aryl methyl sites for hydroxylation is 1. The molecule has 0 fully saturated rings. The Labute approximate surface area is 112 Å². The van der Waals surface area contributed by atoms with Crippen LogP contribution in [0.3, 0.4) is 0 Å². The Hall–Kier alpha value is -1.08. The highest BCUT2D eigenvalue weighted by molar-refractivity contribution is 9.10. The number of nitrogens with zero attached hydrogens (tertiary/aromatic N) is 4. The van der Waals surface area contributed by atoms with Crippen LogP contribution < -0.4 is 5.32 Å². The van der Waals surface area contributed by atoms with Gasteiger partial charge in [-0.05, 0) is 34.7 Å². The van der Waals surface area contributed by atoms with Crippen LogP contribution in [-0.4, -0.2) is 32.5 Å². The molecule has 17 heavy (non-hydrogen) atoms. The molecular weight excluding hydrogens is 302 g/mol. The van der Waals surface area contributed by atoms with Crippen molar-refractivity contribution in [1.82, 2.24) is 20.2 Å². The molecule has 0 radical (unpaired) electrons. The number of benzene rings is 1. The van der Waals surface area contributed by atoms with E-state index in [0.717, 1.165) is 27.6 Å². The number of hydrogen-bond donors (Lipinski definition) is 1. The average Bonchev–Trinajstić information content (AvgIpc) is 2.73. The predicted molar refractivity (Wildman–Crippen MR) is 72.2 cm³/mol. The van der Waals surface area contributed by atoms with Gasteiger partial charge < -0.3 is 5.32 Å². The van der Waals surface area contributed by atoms with Gasteiger partial charge in [0.1, 0.15) is 0 Å². The van der Waals surface area contributed by atoms with Crippen LogP contribution in [0.2, 0.25) is 0 Å². The topological polar surface area (TPSA) is 55.6 Å². The molecule has 5 nitrogen and oxygen atoms in total. The Kier molecular flexibility index (Phi) is 4.38. The van der Waals surface area contributed by atoms with E-state index < -0.39 is 0 Å². The normalized spacial score (nSPS) is 10.5. The summed E-state index contributed by atoms with van der Waals surface area (Å²) in [5.41, 5.74) is 1.12. The van der Waals surface area contributed by atoms with E-state index in [9.17, 15) is 0 Å². The minimum absolute atomic E-state index is 0.836. The molecule has 0 aliphatic heterocycles. The van der Waals surface area contributed by atoms with Crippen molar-refractivity contribution < 1.29 is 0 Å². The summed E-state index contributed by atoms with van der Waals surface area (Å²) in [7, 11) is 1.84. The van der Waals surface area contributed by atoms with E-state index in [1.165, 1.54) is 0 Å². The van der Waals surface area contributed by atoms with Gasteiger partial charge in [-0.25, -0.2) is 4.68 Å². The third-order valence-corrected chi connectivity index (χ3v) is 3.63. The number of halogens is 1. The zero-order chi connectivity index (χ0) is 12.1. The highest BCUT2D eigenvalue weighted by atomic mass is 79.9. The van der Waals surface area contributed by atoms with Crippen molar-refractivity contribution in [2.45, 2.75) is 5.16 Å². The van der Waals surface area contributed by atoms with Crippen molar-refractivity contribution >= 4 is 33.4 Å². The molecule has 0 saturated heterocycles. The molecule has 0 saturated carbocycles. The van der Waals surface area contributed by atoms with Crippen molar-refractivity contribution in [2.75, 3.05) is 17.6 Å². The summed E-state index contributed by atoms with van der Waals surface area (Å²) in [6.45, 7) is 0.874. The number of nitrogens with one attached hydrogen (secondary N) is 1. The molecule has 0 spiro atoms. The van der Waals surface area contributed by atoms with Crippen molar-refractivity contribution in [1.29, 1.82) is 0 Å². The molecule has 2 aromatic rings. The molecule has 1 heterocycles. The van der Waals surface area contributed by atoms with Gasteiger partial charge in [-0.2, -0.15) is 0 Å². The van der Waals surface area contributed by atoms with Crippen molar-refractivity contribution in [2.24, 2.45) is 7.05 Å². The van der Waals surface area contributed by atoms with Crippen LogP contribution in [0.4, 0.5) is 5.69 Å². The minimum Gasteiger partial charge on any atom is -0.384 e. The Morgan fingerprint density at radius 2 is 2.12 bits per heavy atom. The first-order chi connectivity index (χ1) is 8.25. The fraction of sp³-hybridized carbons (Fsp3) is 0.300. The van der Waals surface area contributed by atoms with Gasteiger partial charge in [0, 0.05) is 29.5 Å². The zero-order valence-corrected chi connectivity index (χ0v) is 11.7. The lowest BCUT2D eigenvalue weighted by Crippen LogP contribution is -2.04. The maximum atomic E-state index is 3.90. The predicted octanol–water partition coefficient (Wildman–Crippen LogP) is 2.18. The summed E-state index contributed by atoms with van der Waals surface area (Å²) in [4.78, 5) is 0. The molecule has 0 bridgehead atoms. The smallest absolute Gasteiger partial charge is 0.209 e. The molecule has 0 aliphatic carbocycles. The van der Waals surface area contributed by atoms with E-state index in [2.05, 4.69) is 36.8 Å². The molecule has 0 unspecified atom stereocenters. The summed E-state index contributed by atoms with van der Waals surface area (Å²) in [5.74, 6) is 0.921. The molecule has 2 rings (SSSR count). The van der Waals surface area contributed by atoms with Crippen LogP contribution in [0.25, 0.3) is 0 Å². The lowest BCUT2D eigenvalue weighted by molar-refractivity contribution is 0.664. The third kappa shape index (κ3) is 3.71. The number of aromatic nitrogens is 4. The van der Waals surface area contributed by atoms with E-state index in [4.69, 9.17) is 0 Å². The van der Waals surface area contributed by atoms with Crippen LogP contribution in [-0.2, 0) is 7.05 Å². The van der Waals surface area contributed by atoms with E-state index >= 15 is 0 Å². The van der Waals surface area contributed by atoms with Gasteiger partial charge in [-0.1, -0.05) is 27.7 Å². The van der Waals surface area contributed by atoms with Gasteiger partial charge in [-0.3, -0.25) is 0 Å². The fourth-order valence-corrected chi connectivity index (χ4v) is 2.22. The van der Waals surface area contributed by atoms with Crippen LogP contribution >= 0.6 is 27.7 Å². The number of tetrazole rings is 1. The van der Waals surface area contributed by atoms with Crippen molar-refractivity contribution in [3.63, 3.8) is 0 Å². The number of thioether (sulfide) groups is 1. The summed E-state index contributed by atoms with van der Waals surface area (Å²) < 4.78 is 2.76. The summed E-state index contributed by atoms with van der Waals surface area (Å²) in [5, 5.41) is 15.4. The monoisotopic (exact) mass is 313 g/mol. The highest BCUT2D eigenvalue weighted by Crippen LogP contribution is 2.15. The maximum Gasteiger partial charge on any atom is 0.209 e. The Bertz CT molecular complexity index is 470. The molecule has 1 N–H and O–H groups in total. The second kappa shape index (κ2) is 6.02. The second-order valence-electron chi connectivity index (χ2n) is 3.37. The zero-order valence-electron chi connectivity index (χ0n) is 9.30. The Morgan fingerprint density at radius 1 is 1.35 bits per heavy atom. The van der Waals surface area contributed by atoms with Crippen molar-refractivity contribution in [3.05, 3.63) is 28.7 Å². The first kappa shape index (κ1) is 12.4. The maximum absolute atomic E-state index is 3.90. The van der Waals surface area contributed by atoms with Gasteiger partial charge in [0.2, 0.25) is 5.16 Å². The van der Waals surface area contributed by atoms with Crippen LogP contribution in [0.15, 0.2) is 33.9 Å². The molecule has 0 amide bonds. The van der Waals surface area contributed by atoms with Crippen LogP contribution in [0.5, 0.6) is 0 Å². The molecule has 1 aromatic carbocycles. The second-order valence-corrected chi connectivity index (χ2v) is 5.34. The van der Waals surface area contributed by atoms with E-state index in [0.29, 0.717) is 0 Å². The molecule has 0 atom stereocenters. The van der Waals surface area contributed by atoms with Gasteiger partial charge in [-0.15, -0.1) is 5.10 Å². The Balaban J connectivity index is 1.73. The van der Waals surface area contributed by atoms with E-state index in [-0.39, 0.29) is 0 Å². The van der Waals surface area contributed by atoms with E-state index in [1.54, 1.807) is 16.4 Å². The molecule has 7 heteroatoms. The minimum atomic E-state index is 0.836. The standard InChI is InChI=1S/C10H12BrN5S/c1-16-10(13-14-15-16)17-7-6-12-9-4-2-8(11)3-5-9/h2-5,12H,6-7H2,1H3. The lowest BCUT2D eigenvalue weighted by Gasteiger charge is -2.05. The first-order valence-corrected chi connectivity index (χ1v) is 6.88. The number of rotatable bonds is 5. The average molecular weight is 314 g/mol. The summed E-state index contributed by atoms with van der Waals surface area (Å²) in [6.07, 6.45) is 0. The quantitative estimate of drug-likeness (QED) is 0.677. The molecule has 0 aliphatic rings. The van der Waals surface area contributed by atoms with E-state index in [1.807, 2.05) is 31.3 Å². The van der Waals surface area contributed by atoms with Gasteiger partial charge in [0.05, 0.1) is 0 Å². The fourth-order valence-electron chi connectivity index (χ4n) is 1.25. The summed E-state index contributed by atoms with van der Waals surface area (Å²) >= 11 is 5.04. The molecular formula is C10H12BrN5S. The highest BCUT2D eigenvalue weighted by Gasteiger charge is 2.01. The van der Waals surface area contributed by atoms with Crippen LogP contribution in [0.1, 0.15) is 0 Å². The number of anilines is 1. The Morgan fingerprint density at radius 3 is 2.76 bits per heavy atom. The van der Waals surface area contributed by atoms with Gasteiger partial charge in [0.25, 0.3) is 0 Å². The first-order valence-electron chi connectivity index (χ1n) is 5.10. The molecule has 1 aromatic heterocycles. The van der Waals surface area contributed by atoms with Gasteiger partial charge >= 0.3 is 0 Å². The summed E-state index contributed by atoms with van der Waals surface area (Å²) in [6, 6.07) is 8.11. The number of hydrogen-bond acceptors (Lipinski definition) is 5. The van der Waals surface area contributed by atoms with Crippen LogP contribution in [0, 0.1) is 0 Å². The van der Waals surface area contributed by atoms with Gasteiger partial charge in [0.15, 0.2) is 0 Å². The third-order valence-electron chi connectivity index (χ3n) is 2.09. The SMILES string of the molecule is Cn1nnnc1SCCNc1ccc(Br)cc1.